The van der Waals surface area contributed by atoms with Gasteiger partial charge in [0.25, 0.3) is 5.91 Å². The number of likely N-dealkylation sites (N-methyl/N-ethyl adjacent to an activating group) is 1. The van der Waals surface area contributed by atoms with E-state index in [4.69, 9.17) is 4.98 Å². The van der Waals surface area contributed by atoms with Gasteiger partial charge in [0.15, 0.2) is 0 Å². The largest absolute Gasteiger partial charge is 0.369 e. The number of carbonyl (C=O) groups is 1. The zero-order chi connectivity index (χ0) is 25.9. The van der Waals surface area contributed by atoms with Gasteiger partial charge in [-0.05, 0) is 69.3 Å². The Hall–Kier alpha value is -3.97. The second kappa shape index (κ2) is 10.6. The summed E-state index contributed by atoms with van der Waals surface area (Å²) in [5.74, 6) is 0.488. The summed E-state index contributed by atoms with van der Waals surface area (Å²) in [7, 11) is 2.17. The number of fused-ring (bicyclic) bond motifs is 1. The molecule has 0 radical (unpaired) electrons. The number of carbonyl (C=O) groups excluding carboxylic acids is 1. The Labute approximate surface area is 218 Å². The Morgan fingerprint density at radius 2 is 1.73 bits per heavy atom. The van der Waals surface area contributed by atoms with Crippen LogP contribution in [0.2, 0.25) is 0 Å². The molecule has 1 aromatic heterocycles. The number of hydrogen-bond donors (Lipinski definition) is 2. The number of para-hydroxylation sites is 1. The zero-order valence-corrected chi connectivity index (χ0v) is 22.0. The molecule has 0 saturated carbocycles. The molecule has 7 heteroatoms. The van der Waals surface area contributed by atoms with Crippen molar-refractivity contribution in [1.29, 1.82) is 0 Å². The van der Waals surface area contributed by atoms with Gasteiger partial charge in [0.2, 0.25) is 5.95 Å². The van der Waals surface area contributed by atoms with Gasteiger partial charge >= 0.3 is 0 Å². The van der Waals surface area contributed by atoms with Crippen LogP contribution in [-0.2, 0) is 0 Å². The molecular formula is C30H34N6O. The first kappa shape index (κ1) is 24.7. The number of benzene rings is 3. The molecule has 190 valence electrons. The van der Waals surface area contributed by atoms with Crippen LogP contribution in [0.3, 0.4) is 0 Å². The highest BCUT2D eigenvalue weighted by atomic mass is 16.1. The Bertz CT molecular complexity index is 1410. The quantitative estimate of drug-likeness (QED) is 0.382. The minimum absolute atomic E-state index is 0.0674. The van der Waals surface area contributed by atoms with E-state index < -0.39 is 0 Å². The van der Waals surface area contributed by atoms with Gasteiger partial charge in [0.05, 0.1) is 5.52 Å². The first-order valence-corrected chi connectivity index (χ1v) is 12.9. The third-order valence-electron chi connectivity index (χ3n) is 6.79. The normalized spacial score (nSPS) is 14.2. The third-order valence-corrected chi connectivity index (χ3v) is 6.79. The third kappa shape index (κ3) is 5.57. The molecule has 0 aliphatic carbocycles. The minimum atomic E-state index is -0.0674. The van der Waals surface area contributed by atoms with Gasteiger partial charge in [0.1, 0.15) is 0 Å². The van der Waals surface area contributed by atoms with Crippen molar-refractivity contribution in [3.05, 3.63) is 78.0 Å². The van der Waals surface area contributed by atoms with E-state index in [1.807, 2.05) is 56.4 Å². The average molecular weight is 495 g/mol. The Balaban J connectivity index is 1.38. The van der Waals surface area contributed by atoms with Crippen molar-refractivity contribution in [3.63, 3.8) is 0 Å². The van der Waals surface area contributed by atoms with Crippen LogP contribution in [0.5, 0.6) is 0 Å². The lowest BCUT2D eigenvalue weighted by atomic mass is 10.0. The van der Waals surface area contributed by atoms with E-state index in [0.717, 1.165) is 53.9 Å². The van der Waals surface area contributed by atoms with Gasteiger partial charge < -0.3 is 20.4 Å². The zero-order valence-electron chi connectivity index (χ0n) is 22.0. The average Bonchev–Trinajstić information content (AvgIpc) is 2.89. The van der Waals surface area contributed by atoms with E-state index in [2.05, 4.69) is 63.7 Å². The van der Waals surface area contributed by atoms with Gasteiger partial charge in [-0.1, -0.05) is 30.3 Å². The van der Waals surface area contributed by atoms with Crippen molar-refractivity contribution in [2.24, 2.45) is 0 Å². The fraction of sp³-hybridized carbons (Fsp3) is 0.300. The van der Waals surface area contributed by atoms with Crippen LogP contribution in [0, 0.1) is 6.92 Å². The second-order valence-electron chi connectivity index (χ2n) is 10.1. The van der Waals surface area contributed by atoms with Crippen molar-refractivity contribution in [2.75, 3.05) is 43.4 Å². The Morgan fingerprint density at radius 1 is 0.973 bits per heavy atom. The summed E-state index contributed by atoms with van der Waals surface area (Å²) in [6.07, 6.45) is 1.85. The lowest BCUT2D eigenvalue weighted by Gasteiger charge is -2.35. The molecule has 0 bridgehead atoms. The number of nitrogens with one attached hydrogen (secondary N) is 2. The monoisotopic (exact) mass is 494 g/mol. The van der Waals surface area contributed by atoms with E-state index in [1.54, 1.807) is 0 Å². The van der Waals surface area contributed by atoms with Crippen molar-refractivity contribution < 1.29 is 4.79 Å². The van der Waals surface area contributed by atoms with Crippen molar-refractivity contribution >= 4 is 34.1 Å². The molecule has 4 aromatic rings. The van der Waals surface area contributed by atoms with E-state index in [1.165, 1.54) is 11.3 Å². The fourth-order valence-corrected chi connectivity index (χ4v) is 4.76. The number of nitrogens with zero attached hydrogens (tertiary/aromatic N) is 4. The van der Waals surface area contributed by atoms with Crippen LogP contribution in [0.4, 0.5) is 17.3 Å². The number of anilines is 3. The lowest BCUT2D eigenvalue weighted by molar-refractivity contribution is 0.0943. The predicted octanol–water partition coefficient (Wildman–Crippen LogP) is 5.24. The molecule has 0 unspecified atom stereocenters. The second-order valence-corrected chi connectivity index (χ2v) is 10.1. The molecule has 1 aliphatic rings. The summed E-state index contributed by atoms with van der Waals surface area (Å²) >= 11 is 0. The summed E-state index contributed by atoms with van der Waals surface area (Å²) < 4.78 is 0. The SMILES string of the molecule is Cc1cc(Nc2ncc3cccc(-c4ccc(C(=O)NC(C)C)cc4)c3n2)ccc1N1CCN(C)CC1. The van der Waals surface area contributed by atoms with Crippen molar-refractivity contribution in [1.82, 2.24) is 20.2 Å². The molecule has 0 spiro atoms. The minimum Gasteiger partial charge on any atom is -0.369 e. The van der Waals surface area contributed by atoms with Crippen LogP contribution < -0.4 is 15.5 Å². The van der Waals surface area contributed by atoms with Gasteiger partial charge in [-0.15, -0.1) is 0 Å². The van der Waals surface area contributed by atoms with Crippen LogP contribution in [0.25, 0.3) is 22.0 Å². The fourth-order valence-electron chi connectivity index (χ4n) is 4.76. The number of aryl methyl sites for hydroxylation is 1. The lowest BCUT2D eigenvalue weighted by Crippen LogP contribution is -2.44. The van der Waals surface area contributed by atoms with Crippen LogP contribution in [0.1, 0.15) is 29.8 Å². The van der Waals surface area contributed by atoms with Crippen molar-refractivity contribution in [2.45, 2.75) is 26.8 Å². The summed E-state index contributed by atoms with van der Waals surface area (Å²) in [5, 5.41) is 7.29. The number of aromatic nitrogens is 2. The molecule has 2 N–H and O–H groups in total. The Morgan fingerprint density at radius 3 is 2.43 bits per heavy atom. The molecule has 3 aromatic carbocycles. The summed E-state index contributed by atoms with van der Waals surface area (Å²) in [6.45, 7) is 10.3. The first-order valence-electron chi connectivity index (χ1n) is 12.9. The summed E-state index contributed by atoms with van der Waals surface area (Å²) in [4.78, 5) is 26.6. The molecule has 1 aliphatic heterocycles. The van der Waals surface area contributed by atoms with E-state index in [-0.39, 0.29) is 11.9 Å². The Kier molecular flexibility index (Phi) is 7.06. The van der Waals surface area contributed by atoms with Gasteiger partial charge in [-0.25, -0.2) is 9.97 Å². The van der Waals surface area contributed by atoms with Gasteiger partial charge in [-0.2, -0.15) is 0 Å². The van der Waals surface area contributed by atoms with Gasteiger partial charge in [-0.3, -0.25) is 4.79 Å². The highest BCUT2D eigenvalue weighted by molar-refractivity contribution is 5.97. The molecule has 37 heavy (non-hydrogen) atoms. The molecule has 1 amide bonds. The van der Waals surface area contributed by atoms with E-state index >= 15 is 0 Å². The smallest absolute Gasteiger partial charge is 0.251 e. The number of hydrogen-bond acceptors (Lipinski definition) is 6. The molecule has 0 atom stereocenters. The highest BCUT2D eigenvalue weighted by Gasteiger charge is 2.16. The molecule has 1 fully saturated rings. The van der Waals surface area contributed by atoms with E-state index in [0.29, 0.717) is 11.5 Å². The van der Waals surface area contributed by atoms with Gasteiger partial charge in [0, 0.05) is 66.3 Å². The summed E-state index contributed by atoms with van der Waals surface area (Å²) in [5.41, 5.74) is 7.00. The maximum Gasteiger partial charge on any atom is 0.251 e. The predicted molar refractivity (Wildman–Crippen MR) is 152 cm³/mol. The standard InChI is InChI=1S/C30H34N6O/c1-20(2)32-29(37)23-10-8-22(9-11-23)26-7-5-6-24-19-31-30(34-28(24)26)33-25-12-13-27(21(3)18-25)36-16-14-35(4)15-17-36/h5-13,18-20H,14-17H2,1-4H3,(H,32,37)(H,31,33,34). The number of rotatable bonds is 6. The molecule has 5 rings (SSSR count). The van der Waals surface area contributed by atoms with Crippen LogP contribution in [-0.4, -0.2) is 60.0 Å². The number of piperazine rings is 1. The van der Waals surface area contributed by atoms with Crippen molar-refractivity contribution in [3.8, 4) is 11.1 Å². The summed E-state index contributed by atoms with van der Waals surface area (Å²) in [6, 6.07) is 20.3. The van der Waals surface area contributed by atoms with E-state index in [9.17, 15) is 4.79 Å². The maximum absolute atomic E-state index is 12.3. The topological polar surface area (TPSA) is 73.4 Å². The maximum atomic E-state index is 12.3. The molecule has 7 nitrogen and oxygen atoms in total. The van der Waals surface area contributed by atoms with Crippen LogP contribution >= 0.6 is 0 Å². The highest BCUT2D eigenvalue weighted by Crippen LogP contribution is 2.30. The molecule has 1 saturated heterocycles. The van der Waals surface area contributed by atoms with Crippen LogP contribution in [0.15, 0.2) is 66.9 Å². The number of amides is 1. The molecule has 2 heterocycles. The molecular weight excluding hydrogens is 460 g/mol. The first-order chi connectivity index (χ1) is 17.9.